The Hall–Kier alpha value is -1.97. The summed E-state index contributed by atoms with van der Waals surface area (Å²) in [5.41, 5.74) is 2.61. The van der Waals surface area contributed by atoms with E-state index in [1.807, 2.05) is 38.1 Å². The minimum absolute atomic E-state index is 0.614. The molecule has 0 aliphatic heterocycles. The van der Waals surface area contributed by atoms with Crippen molar-refractivity contribution in [2.24, 2.45) is 0 Å². The number of rotatable bonds is 4. The molecule has 0 radical (unpaired) electrons. The zero-order chi connectivity index (χ0) is 13.0. The minimum atomic E-state index is 0.614. The summed E-state index contributed by atoms with van der Waals surface area (Å²) < 4.78 is 5.55. The van der Waals surface area contributed by atoms with Crippen LogP contribution in [0, 0.1) is 13.8 Å². The van der Waals surface area contributed by atoms with E-state index < -0.39 is 0 Å². The third kappa shape index (κ3) is 3.03. The zero-order valence-electron chi connectivity index (χ0n) is 11.0. The lowest BCUT2D eigenvalue weighted by atomic mass is 10.3. The molecule has 94 valence electrons. The molecule has 2 aromatic rings. The average Bonchev–Trinajstić information content (AvgIpc) is 2.36. The Balaban J connectivity index is 2.35. The van der Waals surface area contributed by atoms with E-state index in [4.69, 9.17) is 4.74 Å². The fourth-order valence-electron chi connectivity index (χ4n) is 1.60. The normalized spacial score (nSPS) is 10.4. The predicted octanol–water partition coefficient (Wildman–Crippen LogP) is 2.94. The van der Waals surface area contributed by atoms with Gasteiger partial charge < -0.3 is 4.74 Å². The van der Waals surface area contributed by atoms with E-state index in [0.29, 0.717) is 18.3 Å². The minimum Gasteiger partial charge on any atom is -0.478 e. The van der Waals surface area contributed by atoms with Crippen LogP contribution in [0.25, 0.3) is 11.5 Å². The number of hydrogen-bond donors (Lipinski definition) is 0. The van der Waals surface area contributed by atoms with E-state index >= 15 is 0 Å². The monoisotopic (exact) mass is 243 g/mol. The molecule has 2 heterocycles. The number of hydrogen-bond acceptors (Lipinski definition) is 4. The van der Waals surface area contributed by atoms with Crippen LogP contribution in [-0.2, 0) is 0 Å². The van der Waals surface area contributed by atoms with Gasteiger partial charge in [-0.3, -0.25) is 0 Å². The Bertz CT molecular complexity index is 540. The molecule has 0 unspecified atom stereocenters. The van der Waals surface area contributed by atoms with Gasteiger partial charge in [-0.15, -0.1) is 0 Å². The molecule has 0 saturated carbocycles. The molecule has 0 N–H and O–H groups in total. The van der Waals surface area contributed by atoms with Gasteiger partial charge in [0, 0.05) is 17.5 Å². The molecular weight excluding hydrogens is 226 g/mol. The molecule has 0 atom stereocenters. The molecule has 0 bridgehead atoms. The highest BCUT2D eigenvalue weighted by atomic mass is 16.5. The van der Waals surface area contributed by atoms with Crippen molar-refractivity contribution in [3.63, 3.8) is 0 Å². The molecule has 0 amide bonds. The summed E-state index contributed by atoms with van der Waals surface area (Å²) >= 11 is 0. The van der Waals surface area contributed by atoms with E-state index in [-0.39, 0.29) is 0 Å². The lowest BCUT2D eigenvalue weighted by molar-refractivity contribution is 0.305. The van der Waals surface area contributed by atoms with Gasteiger partial charge in [0.25, 0.3) is 0 Å². The molecule has 0 spiro atoms. The highest BCUT2D eigenvalue weighted by Crippen LogP contribution is 2.17. The Morgan fingerprint density at radius 3 is 2.61 bits per heavy atom. The van der Waals surface area contributed by atoms with Crippen molar-refractivity contribution in [1.29, 1.82) is 0 Å². The number of aromatic nitrogens is 3. The molecule has 0 saturated heterocycles. The lowest BCUT2D eigenvalue weighted by Crippen LogP contribution is -2.01. The van der Waals surface area contributed by atoms with E-state index in [2.05, 4.69) is 21.9 Å². The van der Waals surface area contributed by atoms with Gasteiger partial charge in [-0.1, -0.05) is 13.0 Å². The molecule has 4 heteroatoms. The summed E-state index contributed by atoms with van der Waals surface area (Å²) in [6, 6.07) is 7.66. The number of aryl methyl sites for hydroxylation is 2. The van der Waals surface area contributed by atoms with Gasteiger partial charge in [0.2, 0.25) is 5.88 Å². The van der Waals surface area contributed by atoms with E-state index in [0.717, 1.165) is 23.5 Å². The van der Waals surface area contributed by atoms with Gasteiger partial charge in [0.15, 0.2) is 5.82 Å². The van der Waals surface area contributed by atoms with Crippen molar-refractivity contribution < 1.29 is 4.74 Å². The van der Waals surface area contributed by atoms with Crippen LogP contribution in [0.3, 0.4) is 0 Å². The molecule has 2 rings (SSSR count). The molecular formula is C14H17N3O. The van der Waals surface area contributed by atoms with Gasteiger partial charge in [0.1, 0.15) is 5.69 Å². The highest BCUT2D eigenvalue weighted by Gasteiger charge is 2.07. The average molecular weight is 243 g/mol. The summed E-state index contributed by atoms with van der Waals surface area (Å²) in [5.74, 6) is 1.23. The van der Waals surface area contributed by atoms with Gasteiger partial charge in [0.05, 0.1) is 6.61 Å². The number of ether oxygens (including phenoxy) is 1. The van der Waals surface area contributed by atoms with Gasteiger partial charge >= 0.3 is 0 Å². The first kappa shape index (κ1) is 12.5. The van der Waals surface area contributed by atoms with Crippen molar-refractivity contribution in [2.75, 3.05) is 6.61 Å². The van der Waals surface area contributed by atoms with Crippen LogP contribution in [0.15, 0.2) is 24.3 Å². The molecule has 18 heavy (non-hydrogen) atoms. The van der Waals surface area contributed by atoms with Crippen LogP contribution < -0.4 is 4.74 Å². The number of pyridine rings is 1. The van der Waals surface area contributed by atoms with E-state index in [9.17, 15) is 0 Å². The summed E-state index contributed by atoms with van der Waals surface area (Å²) in [6.07, 6.45) is 0.959. The first-order valence-corrected chi connectivity index (χ1v) is 6.11. The maximum atomic E-state index is 5.55. The summed E-state index contributed by atoms with van der Waals surface area (Å²) in [5, 5.41) is 0. The molecule has 0 aliphatic rings. The Kier molecular flexibility index (Phi) is 3.87. The molecule has 2 aromatic heterocycles. The molecule has 0 aliphatic carbocycles. The Morgan fingerprint density at radius 1 is 1.06 bits per heavy atom. The SMILES string of the molecule is CCCOc1cc(C)nc(-c2cccc(C)n2)n1. The van der Waals surface area contributed by atoms with Crippen LogP contribution in [0.4, 0.5) is 0 Å². The first-order chi connectivity index (χ1) is 8.69. The van der Waals surface area contributed by atoms with Gasteiger partial charge in [-0.2, -0.15) is 4.98 Å². The van der Waals surface area contributed by atoms with Gasteiger partial charge in [-0.25, -0.2) is 9.97 Å². The van der Waals surface area contributed by atoms with Crippen LogP contribution in [-0.4, -0.2) is 21.6 Å². The van der Waals surface area contributed by atoms with Crippen LogP contribution in [0.2, 0.25) is 0 Å². The first-order valence-electron chi connectivity index (χ1n) is 6.11. The van der Waals surface area contributed by atoms with Crippen LogP contribution in [0.1, 0.15) is 24.7 Å². The zero-order valence-corrected chi connectivity index (χ0v) is 11.0. The summed E-state index contributed by atoms with van der Waals surface area (Å²) in [7, 11) is 0. The lowest BCUT2D eigenvalue weighted by Gasteiger charge is -2.07. The maximum Gasteiger partial charge on any atom is 0.217 e. The Labute approximate surface area is 107 Å². The highest BCUT2D eigenvalue weighted by molar-refractivity contribution is 5.50. The number of nitrogens with zero attached hydrogens (tertiary/aromatic N) is 3. The fourth-order valence-corrected chi connectivity index (χ4v) is 1.60. The fraction of sp³-hybridized carbons (Fsp3) is 0.357. The van der Waals surface area contributed by atoms with Crippen molar-refractivity contribution in [3.8, 4) is 17.4 Å². The summed E-state index contributed by atoms with van der Waals surface area (Å²) in [6.45, 7) is 6.61. The summed E-state index contributed by atoms with van der Waals surface area (Å²) in [4.78, 5) is 13.2. The third-order valence-corrected chi connectivity index (χ3v) is 2.40. The topological polar surface area (TPSA) is 47.9 Å². The van der Waals surface area contributed by atoms with Gasteiger partial charge in [-0.05, 0) is 32.4 Å². The second kappa shape index (κ2) is 5.58. The maximum absolute atomic E-state index is 5.55. The van der Waals surface area contributed by atoms with Crippen LogP contribution >= 0.6 is 0 Å². The predicted molar refractivity (Wildman–Crippen MR) is 70.5 cm³/mol. The van der Waals surface area contributed by atoms with Crippen molar-refractivity contribution in [2.45, 2.75) is 27.2 Å². The van der Waals surface area contributed by atoms with E-state index in [1.165, 1.54) is 0 Å². The molecule has 0 aromatic carbocycles. The standard InChI is InChI=1S/C14H17N3O/c1-4-8-18-13-9-11(3)16-14(17-13)12-7-5-6-10(2)15-12/h5-7,9H,4,8H2,1-3H3. The second-order valence-electron chi connectivity index (χ2n) is 4.18. The van der Waals surface area contributed by atoms with Crippen LogP contribution in [0.5, 0.6) is 5.88 Å². The smallest absolute Gasteiger partial charge is 0.217 e. The largest absolute Gasteiger partial charge is 0.478 e. The second-order valence-corrected chi connectivity index (χ2v) is 4.18. The third-order valence-electron chi connectivity index (χ3n) is 2.40. The van der Waals surface area contributed by atoms with Crippen molar-refractivity contribution >= 4 is 0 Å². The van der Waals surface area contributed by atoms with E-state index in [1.54, 1.807) is 0 Å². The van der Waals surface area contributed by atoms with Crippen molar-refractivity contribution in [3.05, 3.63) is 35.7 Å². The van der Waals surface area contributed by atoms with Crippen molar-refractivity contribution in [1.82, 2.24) is 15.0 Å². The quantitative estimate of drug-likeness (QED) is 0.828. The Morgan fingerprint density at radius 2 is 1.89 bits per heavy atom. The molecule has 0 fully saturated rings. The molecule has 4 nitrogen and oxygen atoms in total.